The van der Waals surface area contributed by atoms with Gasteiger partial charge < -0.3 is 4.84 Å². The van der Waals surface area contributed by atoms with Crippen molar-refractivity contribution in [1.29, 1.82) is 0 Å². The summed E-state index contributed by atoms with van der Waals surface area (Å²) in [4.78, 5) is 5.36. The highest BCUT2D eigenvalue weighted by molar-refractivity contribution is 5.28. The molecule has 88 valence electrons. The van der Waals surface area contributed by atoms with Gasteiger partial charge in [0.2, 0.25) is 0 Å². The van der Waals surface area contributed by atoms with Crippen LogP contribution in [0.15, 0.2) is 24.3 Å². The second-order valence-electron chi connectivity index (χ2n) is 5.05. The van der Waals surface area contributed by atoms with E-state index < -0.39 is 0 Å². The van der Waals surface area contributed by atoms with Crippen molar-refractivity contribution in [3.63, 3.8) is 0 Å². The zero-order valence-electron chi connectivity index (χ0n) is 10.2. The molecule has 0 radical (unpaired) electrons. The van der Waals surface area contributed by atoms with Gasteiger partial charge in [-0.15, -0.1) is 0 Å². The number of nitrogens with one attached hydrogen (secondary N) is 1. The Labute approximate surface area is 98.0 Å². The van der Waals surface area contributed by atoms with Gasteiger partial charge in [-0.2, -0.15) is 5.48 Å². The summed E-state index contributed by atoms with van der Waals surface area (Å²) in [6.07, 6.45) is 2.72. The second-order valence-corrected chi connectivity index (χ2v) is 5.05. The molecule has 0 bridgehead atoms. The van der Waals surface area contributed by atoms with Gasteiger partial charge in [-0.3, -0.25) is 0 Å². The summed E-state index contributed by atoms with van der Waals surface area (Å²) in [5.74, 6) is 1.40. The van der Waals surface area contributed by atoms with E-state index in [-0.39, 0.29) is 0 Å². The zero-order valence-corrected chi connectivity index (χ0v) is 10.2. The van der Waals surface area contributed by atoms with Gasteiger partial charge in [-0.1, -0.05) is 38.1 Å². The molecule has 1 saturated carbocycles. The molecule has 16 heavy (non-hydrogen) atoms. The van der Waals surface area contributed by atoms with Crippen molar-refractivity contribution in [3.8, 4) is 0 Å². The predicted molar refractivity (Wildman–Crippen MR) is 66.0 cm³/mol. The van der Waals surface area contributed by atoms with Crippen LogP contribution in [0.25, 0.3) is 0 Å². The number of hydroxylamine groups is 1. The predicted octanol–water partition coefficient (Wildman–Crippen LogP) is 3.24. The van der Waals surface area contributed by atoms with Gasteiger partial charge in [0.25, 0.3) is 0 Å². The molecule has 2 nitrogen and oxygen atoms in total. The standard InChI is InChI=1S/C14H21NO/c1-11(2)10-16-15-9-12-4-3-5-14(8-12)13-6-7-13/h3-5,8,11,13,15H,6-7,9-10H2,1-2H3. The minimum atomic E-state index is 0.574. The molecule has 0 aliphatic heterocycles. The Morgan fingerprint density at radius 3 is 2.88 bits per heavy atom. The number of benzene rings is 1. The molecule has 1 fully saturated rings. The fraction of sp³-hybridized carbons (Fsp3) is 0.571. The molecule has 0 unspecified atom stereocenters. The van der Waals surface area contributed by atoms with Crippen molar-refractivity contribution in [3.05, 3.63) is 35.4 Å². The van der Waals surface area contributed by atoms with Crippen LogP contribution in [0.4, 0.5) is 0 Å². The van der Waals surface area contributed by atoms with E-state index in [0.29, 0.717) is 5.92 Å². The van der Waals surface area contributed by atoms with Gasteiger partial charge in [0.1, 0.15) is 0 Å². The minimum Gasteiger partial charge on any atom is -0.301 e. The molecular weight excluding hydrogens is 198 g/mol. The van der Waals surface area contributed by atoms with E-state index in [2.05, 4.69) is 43.6 Å². The van der Waals surface area contributed by atoms with E-state index in [1.807, 2.05) is 0 Å². The highest BCUT2D eigenvalue weighted by Gasteiger charge is 2.23. The van der Waals surface area contributed by atoms with Gasteiger partial charge in [0, 0.05) is 6.54 Å². The van der Waals surface area contributed by atoms with Gasteiger partial charge in [-0.25, -0.2) is 0 Å². The van der Waals surface area contributed by atoms with E-state index in [0.717, 1.165) is 19.1 Å². The summed E-state index contributed by atoms with van der Waals surface area (Å²) >= 11 is 0. The molecule has 2 heteroatoms. The lowest BCUT2D eigenvalue weighted by Crippen LogP contribution is -2.17. The van der Waals surface area contributed by atoms with Crippen molar-refractivity contribution >= 4 is 0 Å². The zero-order chi connectivity index (χ0) is 11.4. The Kier molecular flexibility index (Phi) is 3.97. The Bertz CT molecular complexity index is 331. The van der Waals surface area contributed by atoms with Crippen LogP contribution in [0.3, 0.4) is 0 Å². The van der Waals surface area contributed by atoms with E-state index in [4.69, 9.17) is 4.84 Å². The van der Waals surface area contributed by atoms with Crippen molar-refractivity contribution in [2.75, 3.05) is 6.61 Å². The second kappa shape index (κ2) is 5.46. The summed E-state index contributed by atoms with van der Waals surface area (Å²) in [6, 6.07) is 8.82. The smallest absolute Gasteiger partial charge is 0.0705 e. The maximum absolute atomic E-state index is 5.36. The Morgan fingerprint density at radius 1 is 1.38 bits per heavy atom. The molecule has 2 rings (SSSR count). The summed E-state index contributed by atoms with van der Waals surface area (Å²) < 4.78 is 0. The van der Waals surface area contributed by atoms with Crippen molar-refractivity contribution in [2.24, 2.45) is 5.92 Å². The minimum absolute atomic E-state index is 0.574. The summed E-state index contributed by atoms with van der Waals surface area (Å²) in [6.45, 7) is 5.86. The highest BCUT2D eigenvalue weighted by atomic mass is 16.6. The number of hydrogen-bond donors (Lipinski definition) is 1. The lowest BCUT2D eigenvalue weighted by Gasteiger charge is -2.08. The molecule has 0 heterocycles. The molecular formula is C14H21NO. The van der Waals surface area contributed by atoms with Crippen LogP contribution in [0.5, 0.6) is 0 Å². The molecule has 1 aromatic carbocycles. The average Bonchev–Trinajstić information content (AvgIpc) is 3.08. The Balaban J connectivity index is 1.77. The molecule has 0 spiro atoms. The topological polar surface area (TPSA) is 21.3 Å². The van der Waals surface area contributed by atoms with Crippen LogP contribution >= 0.6 is 0 Å². The van der Waals surface area contributed by atoms with Crippen LogP contribution < -0.4 is 5.48 Å². The first-order valence-electron chi connectivity index (χ1n) is 6.19. The third kappa shape index (κ3) is 3.62. The van der Waals surface area contributed by atoms with E-state index in [1.54, 1.807) is 0 Å². The third-order valence-electron chi connectivity index (χ3n) is 2.79. The van der Waals surface area contributed by atoms with E-state index >= 15 is 0 Å². The molecule has 0 amide bonds. The lowest BCUT2D eigenvalue weighted by molar-refractivity contribution is 0.0196. The first-order chi connectivity index (χ1) is 7.75. The summed E-state index contributed by atoms with van der Waals surface area (Å²) in [7, 11) is 0. The molecule has 0 saturated heterocycles. The number of hydrogen-bond acceptors (Lipinski definition) is 2. The van der Waals surface area contributed by atoms with Crippen LogP contribution in [0.1, 0.15) is 43.7 Å². The van der Waals surface area contributed by atoms with Crippen LogP contribution in [0.2, 0.25) is 0 Å². The Morgan fingerprint density at radius 2 is 2.19 bits per heavy atom. The first kappa shape index (κ1) is 11.6. The Hall–Kier alpha value is -0.860. The van der Waals surface area contributed by atoms with Crippen molar-refractivity contribution in [1.82, 2.24) is 5.48 Å². The fourth-order valence-electron chi connectivity index (χ4n) is 1.73. The SMILES string of the molecule is CC(C)CONCc1cccc(C2CC2)c1. The van der Waals surface area contributed by atoms with Gasteiger partial charge in [0.15, 0.2) is 0 Å². The maximum Gasteiger partial charge on any atom is 0.0705 e. The molecule has 0 aromatic heterocycles. The monoisotopic (exact) mass is 219 g/mol. The molecule has 1 aromatic rings. The first-order valence-corrected chi connectivity index (χ1v) is 6.19. The average molecular weight is 219 g/mol. The summed E-state index contributed by atoms with van der Waals surface area (Å²) in [5.41, 5.74) is 5.82. The molecule has 1 aliphatic rings. The summed E-state index contributed by atoms with van der Waals surface area (Å²) in [5, 5.41) is 0. The van der Waals surface area contributed by atoms with Crippen molar-refractivity contribution in [2.45, 2.75) is 39.2 Å². The molecule has 1 aliphatic carbocycles. The highest BCUT2D eigenvalue weighted by Crippen LogP contribution is 2.40. The van der Waals surface area contributed by atoms with Gasteiger partial charge in [0.05, 0.1) is 6.61 Å². The van der Waals surface area contributed by atoms with E-state index in [1.165, 1.54) is 24.0 Å². The third-order valence-corrected chi connectivity index (χ3v) is 2.79. The van der Waals surface area contributed by atoms with Gasteiger partial charge in [-0.05, 0) is 35.8 Å². The van der Waals surface area contributed by atoms with E-state index in [9.17, 15) is 0 Å². The fourth-order valence-corrected chi connectivity index (χ4v) is 1.73. The van der Waals surface area contributed by atoms with Crippen molar-refractivity contribution < 1.29 is 4.84 Å². The van der Waals surface area contributed by atoms with Crippen LogP contribution in [0, 0.1) is 5.92 Å². The maximum atomic E-state index is 5.36. The van der Waals surface area contributed by atoms with Crippen LogP contribution in [-0.2, 0) is 11.4 Å². The lowest BCUT2D eigenvalue weighted by atomic mass is 10.1. The normalized spacial score (nSPS) is 15.7. The van der Waals surface area contributed by atoms with Gasteiger partial charge >= 0.3 is 0 Å². The molecule has 0 atom stereocenters. The number of rotatable bonds is 6. The quantitative estimate of drug-likeness (QED) is 0.586. The van der Waals surface area contributed by atoms with Crippen LogP contribution in [-0.4, -0.2) is 6.61 Å². The molecule has 1 N–H and O–H groups in total. The largest absolute Gasteiger partial charge is 0.301 e.